The molecule has 5 rings (SSSR count). The molecule has 3 atom stereocenters. The molecule has 1 saturated carbocycles. The topological polar surface area (TPSA) is 78.9 Å². The average molecular weight is 385 g/mol. The van der Waals surface area contributed by atoms with Crippen LogP contribution in [0.4, 0.5) is 10.6 Å². The zero-order chi connectivity index (χ0) is 19.5. The highest BCUT2D eigenvalue weighted by Gasteiger charge is 2.57. The lowest BCUT2D eigenvalue weighted by molar-refractivity contribution is -0.136. The highest BCUT2D eigenvalue weighted by molar-refractivity contribution is 5.82. The van der Waals surface area contributed by atoms with Gasteiger partial charge in [-0.2, -0.15) is 0 Å². The number of aryl methyl sites for hydroxylation is 1. The maximum Gasteiger partial charge on any atom is 0.410 e. The molecule has 3 aliphatic heterocycles. The third kappa shape index (κ3) is 2.81. The van der Waals surface area contributed by atoms with E-state index in [1.165, 1.54) is 0 Å². The molecular weight excluding hydrogens is 358 g/mol. The van der Waals surface area contributed by atoms with E-state index < -0.39 is 5.60 Å². The molecule has 3 saturated heterocycles. The minimum Gasteiger partial charge on any atom is -0.440 e. The van der Waals surface area contributed by atoms with E-state index in [2.05, 4.69) is 21.8 Å². The van der Waals surface area contributed by atoms with E-state index in [1.807, 2.05) is 22.8 Å². The lowest BCUT2D eigenvalue weighted by Gasteiger charge is -2.45. The maximum atomic E-state index is 12.7. The summed E-state index contributed by atoms with van der Waals surface area (Å²) in [6.07, 6.45) is 4.07. The van der Waals surface area contributed by atoms with Gasteiger partial charge in [0.15, 0.2) is 0 Å². The van der Waals surface area contributed by atoms with Crippen LogP contribution in [0.25, 0.3) is 0 Å². The Kier molecular flexibility index (Phi) is 4.00. The van der Waals surface area contributed by atoms with Gasteiger partial charge in [0.2, 0.25) is 5.91 Å². The lowest BCUT2D eigenvalue weighted by atomic mass is 9.83. The lowest BCUT2D eigenvalue weighted by Crippen LogP contribution is -2.61. The van der Waals surface area contributed by atoms with E-state index in [-0.39, 0.29) is 24.0 Å². The number of amides is 2. The quantitative estimate of drug-likeness (QED) is 0.767. The molecule has 150 valence electrons. The molecule has 1 aliphatic carbocycles. The van der Waals surface area contributed by atoms with Crippen LogP contribution >= 0.6 is 0 Å². The number of aromatic nitrogens is 2. The van der Waals surface area contributed by atoms with Crippen molar-refractivity contribution in [2.24, 2.45) is 11.8 Å². The Hall–Kier alpha value is -2.38. The van der Waals surface area contributed by atoms with Gasteiger partial charge in [-0.25, -0.2) is 14.8 Å². The van der Waals surface area contributed by atoms with Crippen molar-refractivity contribution in [1.82, 2.24) is 19.8 Å². The molecule has 0 N–H and O–H groups in total. The van der Waals surface area contributed by atoms with Gasteiger partial charge in [-0.1, -0.05) is 6.92 Å². The van der Waals surface area contributed by atoms with E-state index in [1.54, 1.807) is 6.20 Å². The van der Waals surface area contributed by atoms with Gasteiger partial charge in [0.1, 0.15) is 17.2 Å². The van der Waals surface area contributed by atoms with Gasteiger partial charge in [0.25, 0.3) is 0 Å². The summed E-state index contributed by atoms with van der Waals surface area (Å²) in [6, 6.07) is 1.89. The number of rotatable bonds is 2. The molecule has 2 amide bonds. The fourth-order valence-electron chi connectivity index (χ4n) is 5.02. The van der Waals surface area contributed by atoms with Crippen molar-refractivity contribution in [3.63, 3.8) is 0 Å². The van der Waals surface area contributed by atoms with Crippen molar-refractivity contribution in [1.29, 1.82) is 0 Å². The molecule has 1 spiro atoms. The Labute approximate surface area is 164 Å². The zero-order valence-corrected chi connectivity index (χ0v) is 16.5. The van der Waals surface area contributed by atoms with E-state index in [0.717, 1.165) is 44.0 Å². The van der Waals surface area contributed by atoms with Crippen LogP contribution in [0.15, 0.2) is 12.3 Å². The number of ether oxygens (including phenoxy) is 1. The highest BCUT2D eigenvalue weighted by atomic mass is 16.6. The Morgan fingerprint density at radius 2 is 2.00 bits per heavy atom. The van der Waals surface area contributed by atoms with Crippen molar-refractivity contribution in [3.8, 4) is 0 Å². The van der Waals surface area contributed by atoms with Crippen LogP contribution < -0.4 is 4.90 Å². The molecule has 8 heteroatoms. The number of piperidine rings is 1. The first-order valence-electron chi connectivity index (χ1n) is 10.3. The van der Waals surface area contributed by atoms with Crippen LogP contribution in [0.1, 0.15) is 32.0 Å². The summed E-state index contributed by atoms with van der Waals surface area (Å²) in [7, 11) is 0. The number of piperazine rings is 1. The van der Waals surface area contributed by atoms with Crippen molar-refractivity contribution in [3.05, 3.63) is 18.1 Å². The van der Waals surface area contributed by atoms with Crippen LogP contribution in [-0.2, 0) is 9.53 Å². The summed E-state index contributed by atoms with van der Waals surface area (Å²) in [4.78, 5) is 40.0. The van der Waals surface area contributed by atoms with Crippen LogP contribution in [0.5, 0.6) is 0 Å². The third-order valence-corrected chi connectivity index (χ3v) is 6.95. The van der Waals surface area contributed by atoms with Crippen molar-refractivity contribution >= 4 is 17.8 Å². The SMILES string of the molecule is Cc1nccc(N2CCC3(CC2)OC(=O)N2CCN(C(=O)C4CC4C)CC23)n1. The molecule has 28 heavy (non-hydrogen) atoms. The van der Waals surface area contributed by atoms with E-state index >= 15 is 0 Å². The standard InChI is InChI=1S/C20H27N5O3/c1-13-11-15(13)18(26)24-9-10-25-16(12-24)20(28-19(25)27)4-7-23(8-5-20)17-3-6-21-14(2)22-17/h3,6,13,15-16H,4-5,7-12H2,1-2H3. The Morgan fingerprint density at radius 1 is 1.25 bits per heavy atom. The molecular formula is C20H27N5O3. The Balaban J connectivity index is 1.31. The van der Waals surface area contributed by atoms with Crippen LogP contribution in [0, 0.1) is 18.8 Å². The predicted molar refractivity (Wildman–Crippen MR) is 102 cm³/mol. The first kappa shape index (κ1) is 17.7. The number of anilines is 1. The van der Waals surface area contributed by atoms with Gasteiger partial charge in [-0.15, -0.1) is 0 Å². The van der Waals surface area contributed by atoms with Crippen LogP contribution in [0.2, 0.25) is 0 Å². The van der Waals surface area contributed by atoms with E-state index in [0.29, 0.717) is 25.6 Å². The minimum absolute atomic E-state index is 0.0407. The molecule has 0 aromatic carbocycles. The maximum absolute atomic E-state index is 12.7. The fourth-order valence-corrected chi connectivity index (χ4v) is 5.02. The van der Waals surface area contributed by atoms with Gasteiger partial charge >= 0.3 is 6.09 Å². The second-order valence-electron chi connectivity index (χ2n) is 8.69. The number of carbonyl (C=O) groups is 2. The first-order chi connectivity index (χ1) is 13.5. The summed E-state index contributed by atoms with van der Waals surface area (Å²) in [5, 5.41) is 0. The van der Waals surface area contributed by atoms with Gasteiger partial charge in [0.05, 0.1) is 6.04 Å². The average Bonchev–Trinajstić information content (AvgIpc) is 3.37. The van der Waals surface area contributed by atoms with Crippen molar-refractivity contribution in [2.75, 3.05) is 37.6 Å². The Bertz CT molecular complexity index is 807. The number of hydrogen-bond donors (Lipinski definition) is 0. The first-order valence-corrected chi connectivity index (χ1v) is 10.3. The summed E-state index contributed by atoms with van der Waals surface area (Å²) >= 11 is 0. The summed E-state index contributed by atoms with van der Waals surface area (Å²) in [6.45, 7) is 7.37. The van der Waals surface area contributed by atoms with Gasteiger partial charge in [0, 0.05) is 57.7 Å². The highest BCUT2D eigenvalue weighted by Crippen LogP contribution is 2.43. The van der Waals surface area contributed by atoms with Crippen molar-refractivity contribution in [2.45, 2.75) is 44.8 Å². The molecule has 3 unspecified atom stereocenters. The fraction of sp³-hybridized carbons (Fsp3) is 0.700. The molecule has 1 aromatic heterocycles. The summed E-state index contributed by atoms with van der Waals surface area (Å²) < 4.78 is 5.96. The summed E-state index contributed by atoms with van der Waals surface area (Å²) in [5.41, 5.74) is -0.496. The Morgan fingerprint density at radius 3 is 2.68 bits per heavy atom. The largest absolute Gasteiger partial charge is 0.440 e. The molecule has 8 nitrogen and oxygen atoms in total. The van der Waals surface area contributed by atoms with Gasteiger partial charge in [-0.3, -0.25) is 9.69 Å². The molecule has 4 aliphatic rings. The third-order valence-electron chi connectivity index (χ3n) is 6.95. The second kappa shape index (κ2) is 6.32. The van der Waals surface area contributed by atoms with Crippen molar-refractivity contribution < 1.29 is 14.3 Å². The van der Waals surface area contributed by atoms with Crippen LogP contribution in [0.3, 0.4) is 0 Å². The zero-order valence-electron chi connectivity index (χ0n) is 16.5. The number of nitrogens with zero attached hydrogens (tertiary/aromatic N) is 5. The molecule has 0 radical (unpaired) electrons. The minimum atomic E-state index is -0.496. The monoisotopic (exact) mass is 385 g/mol. The van der Waals surface area contributed by atoms with Gasteiger partial charge in [-0.05, 0) is 25.3 Å². The number of fused-ring (bicyclic) bond motifs is 2. The molecule has 4 heterocycles. The normalized spacial score (nSPS) is 31.0. The van der Waals surface area contributed by atoms with Crippen LogP contribution in [-0.4, -0.2) is 76.1 Å². The molecule has 4 fully saturated rings. The molecule has 0 bridgehead atoms. The molecule has 1 aromatic rings. The number of hydrogen-bond acceptors (Lipinski definition) is 6. The number of carbonyl (C=O) groups excluding carboxylic acids is 2. The van der Waals surface area contributed by atoms with E-state index in [4.69, 9.17) is 4.74 Å². The second-order valence-corrected chi connectivity index (χ2v) is 8.69. The smallest absolute Gasteiger partial charge is 0.410 e. The van der Waals surface area contributed by atoms with E-state index in [9.17, 15) is 9.59 Å². The summed E-state index contributed by atoms with van der Waals surface area (Å²) in [5.74, 6) is 2.62. The van der Waals surface area contributed by atoms with Gasteiger partial charge < -0.3 is 14.5 Å². The predicted octanol–water partition coefficient (Wildman–Crippen LogP) is 1.44.